The second-order valence-electron chi connectivity index (χ2n) is 2.83. The molecular formula is C4H12Cl2OSn2. The van der Waals surface area contributed by atoms with Crippen molar-refractivity contribution in [1.82, 2.24) is 0 Å². The second kappa shape index (κ2) is 3.69. The van der Waals surface area contributed by atoms with Gasteiger partial charge in [0.15, 0.2) is 0 Å². The monoisotopic (exact) mass is 386 g/mol. The molecule has 0 atom stereocenters. The summed E-state index contributed by atoms with van der Waals surface area (Å²) in [6.45, 7) is 0. The summed E-state index contributed by atoms with van der Waals surface area (Å²) in [4.78, 5) is 8.04. The summed E-state index contributed by atoms with van der Waals surface area (Å²) in [6, 6.07) is 0. The first kappa shape index (κ1) is 11.1. The molecule has 0 aromatic heterocycles. The molecule has 0 spiro atoms. The van der Waals surface area contributed by atoms with Gasteiger partial charge in [-0.2, -0.15) is 0 Å². The van der Waals surface area contributed by atoms with Crippen molar-refractivity contribution >= 4 is 53.2 Å². The zero-order valence-corrected chi connectivity index (χ0v) is 13.4. The molecule has 0 unspecified atom stereocenters. The predicted molar refractivity (Wildman–Crippen MR) is 47.8 cm³/mol. The van der Waals surface area contributed by atoms with Crippen molar-refractivity contribution in [3.63, 3.8) is 0 Å². The van der Waals surface area contributed by atoms with Crippen LogP contribution in [0.25, 0.3) is 0 Å². The van der Waals surface area contributed by atoms with E-state index in [1.165, 1.54) is 0 Å². The first-order valence-electron chi connectivity index (χ1n) is 2.79. The van der Waals surface area contributed by atoms with Gasteiger partial charge in [0.25, 0.3) is 0 Å². The summed E-state index contributed by atoms with van der Waals surface area (Å²) >= 11 is -5.03. The first-order valence-corrected chi connectivity index (χ1v) is 23.8. The Morgan fingerprint density at radius 3 is 1.11 bits per heavy atom. The van der Waals surface area contributed by atoms with E-state index < -0.39 is 35.3 Å². The van der Waals surface area contributed by atoms with Crippen LogP contribution < -0.4 is 0 Å². The van der Waals surface area contributed by atoms with Crippen molar-refractivity contribution in [3.8, 4) is 0 Å². The maximum atomic E-state index is 5.97. The average Bonchev–Trinajstić information content (AvgIpc) is 1.14. The Balaban J connectivity index is 3.75. The molecule has 0 aromatic rings. The molecule has 0 rings (SSSR count). The summed E-state index contributed by atoms with van der Waals surface area (Å²) in [5.74, 6) is 0. The fourth-order valence-corrected chi connectivity index (χ4v) is 45.1. The third kappa shape index (κ3) is 10.1. The Hall–Kier alpha value is 2.14. The van der Waals surface area contributed by atoms with Crippen LogP contribution in [-0.2, 0) is 1.41 Å². The molecule has 0 radical (unpaired) electrons. The van der Waals surface area contributed by atoms with E-state index in [0.29, 0.717) is 0 Å². The fraction of sp³-hybridized carbons (Fsp3) is 1.00. The Morgan fingerprint density at radius 1 is 0.889 bits per heavy atom. The predicted octanol–water partition coefficient (Wildman–Crippen LogP) is 2.88. The Labute approximate surface area is 73.3 Å². The van der Waals surface area contributed by atoms with Gasteiger partial charge in [0.1, 0.15) is 0 Å². The minimum absolute atomic E-state index is 2.01. The van der Waals surface area contributed by atoms with Crippen LogP contribution in [0.4, 0.5) is 0 Å². The summed E-state index contributed by atoms with van der Waals surface area (Å²) in [7, 11) is 11.9. The second-order valence-corrected chi connectivity index (χ2v) is 35.1. The van der Waals surface area contributed by atoms with Gasteiger partial charge in [0.2, 0.25) is 0 Å². The maximum absolute atomic E-state index is 5.97. The number of hydrogen-bond donors (Lipinski definition) is 0. The molecule has 1 nitrogen and oxygen atoms in total. The molecule has 56 valence electrons. The van der Waals surface area contributed by atoms with Gasteiger partial charge in [0.05, 0.1) is 0 Å². The van der Waals surface area contributed by atoms with Crippen LogP contribution in [0.2, 0.25) is 19.8 Å². The normalized spacial score (nSPS) is 14.0. The van der Waals surface area contributed by atoms with Crippen LogP contribution in [0.15, 0.2) is 0 Å². The number of rotatable bonds is 2. The molecule has 0 aliphatic rings. The molecule has 0 bridgehead atoms. The van der Waals surface area contributed by atoms with Crippen LogP contribution in [0.1, 0.15) is 0 Å². The molecular weight excluding hydrogens is 372 g/mol. The minimum atomic E-state index is -2.51. The third-order valence-corrected chi connectivity index (χ3v) is 28.8. The molecule has 0 aliphatic heterocycles. The van der Waals surface area contributed by atoms with Gasteiger partial charge in [-0.15, -0.1) is 0 Å². The van der Waals surface area contributed by atoms with E-state index in [9.17, 15) is 0 Å². The van der Waals surface area contributed by atoms with Crippen molar-refractivity contribution in [2.75, 3.05) is 0 Å². The third-order valence-electron chi connectivity index (χ3n) is 0.485. The standard InChI is InChI=1S/4CH3.2ClH.O.2Sn/h4*1H3;2*1H;;;/q;;;;;;;2*+1/p-2. The Kier molecular flexibility index (Phi) is 4.57. The summed E-state index contributed by atoms with van der Waals surface area (Å²) < 4.78 is 5.58. The molecule has 0 saturated heterocycles. The van der Waals surface area contributed by atoms with E-state index in [2.05, 4.69) is 0 Å². The average molecular weight is 384 g/mol. The van der Waals surface area contributed by atoms with Gasteiger partial charge in [-0.1, -0.05) is 0 Å². The molecule has 0 N–H and O–H groups in total. The van der Waals surface area contributed by atoms with E-state index in [-0.39, 0.29) is 0 Å². The van der Waals surface area contributed by atoms with Gasteiger partial charge in [-0.3, -0.25) is 0 Å². The molecule has 0 aliphatic carbocycles. The van der Waals surface area contributed by atoms with Gasteiger partial charge >= 0.3 is 74.3 Å². The molecule has 0 saturated carbocycles. The molecule has 5 heteroatoms. The quantitative estimate of drug-likeness (QED) is 0.666. The van der Waals surface area contributed by atoms with Crippen LogP contribution >= 0.6 is 17.8 Å². The molecule has 0 amide bonds. The van der Waals surface area contributed by atoms with Crippen molar-refractivity contribution in [1.29, 1.82) is 0 Å². The molecule has 0 heterocycles. The molecule has 0 aromatic carbocycles. The SMILES string of the molecule is [CH3][Sn]([CH3])([Cl])[O][Sn]([CH3])([CH3])[Cl]. The summed E-state index contributed by atoms with van der Waals surface area (Å²) in [5.41, 5.74) is 0. The van der Waals surface area contributed by atoms with E-state index in [1.54, 1.807) is 0 Å². The van der Waals surface area contributed by atoms with Crippen molar-refractivity contribution in [2.24, 2.45) is 0 Å². The number of halogens is 2. The van der Waals surface area contributed by atoms with Crippen LogP contribution in [0.3, 0.4) is 0 Å². The van der Waals surface area contributed by atoms with Crippen LogP contribution in [0, 0.1) is 0 Å². The Bertz CT molecular complexity index is 81.7. The molecule has 9 heavy (non-hydrogen) atoms. The van der Waals surface area contributed by atoms with Crippen molar-refractivity contribution in [3.05, 3.63) is 0 Å². The molecule has 0 fully saturated rings. The van der Waals surface area contributed by atoms with Gasteiger partial charge in [0, 0.05) is 0 Å². The van der Waals surface area contributed by atoms with E-state index in [1.807, 2.05) is 19.8 Å². The van der Waals surface area contributed by atoms with E-state index in [0.717, 1.165) is 0 Å². The number of hydrogen-bond acceptors (Lipinski definition) is 1. The van der Waals surface area contributed by atoms with E-state index in [4.69, 9.17) is 19.3 Å². The van der Waals surface area contributed by atoms with Gasteiger partial charge < -0.3 is 0 Å². The zero-order valence-electron chi connectivity index (χ0n) is 6.16. The van der Waals surface area contributed by atoms with Gasteiger partial charge in [-0.05, 0) is 0 Å². The Morgan fingerprint density at radius 2 is 1.11 bits per heavy atom. The van der Waals surface area contributed by atoms with Crippen LogP contribution in [0.5, 0.6) is 0 Å². The zero-order chi connectivity index (χ0) is 7.71. The summed E-state index contributed by atoms with van der Waals surface area (Å²) in [5, 5.41) is 0. The van der Waals surface area contributed by atoms with Crippen molar-refractivity contribution in [2.45, 2.75) is 19.8 Å². The van der Waals surface area contributed by atoms with Crippen LogP contribution in [-0.4, -0.2) is 35.3 Å². The fourth-order valence-electron chi connectivity index (χ4n) is 0.577. The van der Waals surface area contributed by atoms with Crippen molar-refractivity contribution < 1.29 is 1.41 Å². The first-order chi connectivity index (χ1) is 3.71. The summed E-state index contributed by atoms with van der Waals surface area (Å²) in [6.07, 6.45) is 0. The van der Waals surface area contributed by atoms with Gasteiger partial charge in [-0.25, -0.2) is 0 Å². The van der Waals surface area contributed by atoms with E-state index >= 15 is 0 Å². The topological polar surface area (TPSA) is 9.23 Å².